The molecule has 30 heavy (non-hydrogen) atoms. The number of aliphatic imine (C=N–C) groups is 1. The first-order valence-electron chi connectivity index (χ1n) is 11.1. The Labute approximate surface area is 180 Å². The maximum atomic E-state index is 5.22. The van der Waals surface area contributed by atoms with Gasteiger partial charge in [-0.3, -0.25) is 0 Å². The normalized spacial score (nSPS) is 14.9. The third-order valence-corrected chi connectivity index (χ3v) is 5.37. The minimum atomic E-state index is 0.640. The molecule has 0 amide bonds. The van der Waals surface area contributed by atoms with E-state index in [4.69, 9.17) is 9.73 Å². The molecule has 0 unspecified atom stereocenters. The number of anilines is 1. The van der Waals surface area contributed by atoms with E-state index in [9.17, 15) is 0 Å². The van der Waals surface area contributed by atoms with E-state index in [2.05, 4.69) is 51.7 Å². The summed E-state index contributed by atoms with van der Waals surface area (Å²) in [6.07, 6.45) is 8.01. The van der Waals surface area contributed by atoms with Crippen molar-refractivity contribution in [1.82, 2.24) is 15.6 Å². The molecule has 0 spiro atoms. The summed E-state index contributed by atoms with van der Waals surface area (Å²) in [4.78, 5) is 11.8. The second-order valence-corrected chi connectivity index (χ2v) is 7.64. The fraction of sp³-hybridized carbons (Fsp3) is 0.500. The van der Waals surface area contributed by atoms with Gasteiger partial charge in [0.1, 0.15) is 11.6 Å². The molecule has 6 heteroatoms. The van der Waals surface area contributed by atoms with Crippen LogP contribution in [0.5, 0.6) is 5.75 Å². The van der Waals surface area contributed by atoms with E-state index in [-0.39, 0.29) is 0 Å². The van der Waals surface area contributed by atoms with Gasteiger partial charge in [-0.05, 0) is 61.6 Å². The standard InChI is InChI=1S/C24H35N5O/c1-3-25-24(27-15-12-20-8-10-22(30-2)11-9-20)28-19-21-13-14-26-23(18-21)29-16-6-4-5-7-17-29/h8-11,13-14,18H,3-7,12,15-17,19H2,1-2H3,(H2,25,27,28). The van der Waals surface area contributed by atoms with Crippen LogP contribution in [-0.2, 0) is 13.0 Å². The number of methoxy groups -OCH3 is 1. The summed E-state index contributed by atoms with van der Waals surface area (Å²) < 4.78 is 5.22. The lowest BCUT2D eigenvalue weighted by atomic mass is 10.1. The van der Waals surface area contributed by atoms with E-state index in [1.54, 1.807) is 7.11 Å². The zero-order valence-electron chi connectivity index (χ0n) is 18.4. The van der Waals surface area contributed by atoms with Crippen LogP contribution in [0.3, 0.4) is 0 Å². The maximum Gasteiger partial charge on any atom is 0.191 e. The topological polar surface area (TPSA) is 61.8 Å². The van der Waals surface area contributed by atoms with Crippen LogP contribution in [0.15, 0.2) is 47.6 Å². The van der Waals surface area contributed by atoms with E-state index in [0.717, 1.165) is 50.1 Å². The number of rotatable bonds is 8. The van der Waals surface area contributed by atoms with Crippen LogP contribution < -0.4 is 20.3 Å². The van der Waals surface area contributed by atoms with Crippen molar-refractivity contribution in [1.29, 1.82) is 0 Å². The van der Waals surface area contributed by atoms with Gasteiger partial charge >= 0.3 is 0 Å². The van der Waals surface area contributed by atoms with Crippen LogP contribution in [0.25, 0.3) is 0 Å². The molecular weight excluding hydrogens is 374 g/mol. The van der Waals surface area contributed by atoms with E-state index < -0.39 is 0 Å². The van der Waals surface area contributed by atoms with Gasteiger partial charge in [0.15, 0.2) is 5.96 Å². The quantitative estimate of drug-likeness (QED) is 0.513. The van der Waals surface area contributed by atoms with E-state index in [1.165, 1.54) is 36.8 Å². The molecule has 162 valence electrons. The minimum Gasteiger partial charge on any atom is -0.497 e. The molecule has 1 aliphatic heterocycles. The summed E-state index contributed by atoms with van der Waals surface area (Å²) in [6.45, 7) is 6.60. The number of hydrogen-bond acceptors (Lipinski definition) is 4. The summed E-state index contributed by atoms with van der Waals surface area (Å²) in [5, 5.41) is 6.77. The fourth-order valence-electron chi connectivity index (χ4n) is 3.66. The summed E-state index contributed by atoms with van der Waals surface area (Å²) in [5.41, 5.74) is 2.46. The molecule has 0 bridgehead atoms. The van der Waals surface area contributed by atoms with Gasteiger partial charge in [0.25, 0.3) is 0 Å². The van der Waals surface area contributed by atoms with Crippen LogP contribution in [0.1, 0.15) is 43.7 Å². The summed E-state index contributed by atoms with van der Waals surface area (Å²) in [7, 11) is 1.69. The Morgan fingerprint density at radius 1 is 1.03 bits per heavy atom. The summed E-state index contributed by atoms with van der Waals surface area (Å²) in [6, 6.07) is 12.5. The first-order chi connectivity index (χ1) is 14.8. The maximum absolute atomic E-state index is 5.22. The van der Waals surface area contributed by atoms with Crippen LogP contribution in [-0.4, -0.2) is 44.2 Å². The second kappa shape index (κ2) is 12.1. The Morgan fingerprint density at radius 3 is 2.50 bits per heavy atom. The van der Waals surface area contributed by atoms with Crippen LogP contribution >= 0.6 is 0 Å². The van der Waals surface area contributed by atoms with Crippen molar-refractivity contribution in [3.8, 4) is 5.75 Å². The molecule has 1 aromatic carbocycles. The molecular formula is C24H35N5O. The average molecular weight is 410 g/mol. The predicted octanol–water partition coefficient (Wildman–Crippen LogP) is 3.77. The average Bonchev–Trinajstić information content (AvgIpc) is 3.08. The number of nitrogens with zero attached hydrogens (tertiary/aromatic N) is 3. The first kappa shape index (κ1) is 21.9. The second-order valence-electron chi connectivity index (χ2n) is 7.64. The number of ether oxygens (including phenoxy) is 1. The first-order valence-corrected chi connectivity index (χ1v) is 11.1. The van der Waals surface area contributed by atoms with Crippen LogP contribution in [0, 0.1) is 0 Å². The Balaban J connectivity index is 1.55. The SMILES string of the molecule is CCNC(=NCc1ccnc(N2CCCCCC2)c1)NCCc1ccc(OC)cc1. The highest BCUT2D eigenvalue weighted by atomic mass is 16.5. The molecule has 0 atom stereocenters. The summed E-state index contributed by atoms with van der Waals surface area (Å²) in [5.74, 6) is 2.82. The van der Waals surface area contributed by atoms with E-state index in [1.807, 2.05) is 18.3 Å². The largest absolute Gasteiger partial charge is 0.497 e. The molecule has 1 aliphatic rings. The molecule has 0 aliphatic carbocycles. The highest BCUT2D eigenvalue weighted by molar-refractivity contribution is 5.79. The van der Waals surface area contributed by atoms with Gasteiger partial charge in [0, 0.05) is 32.4 Å². The van der Waals surface area contributed by atoms with Crippen molar-refractivity contribution < 1.29 is 4.74 Å². The number of benzene rings is 1. The molecule has 2 heterocycles. The van der Waals surface area contributed by atoms with Gasteiger partial charge in [0.05, 0.1) is 13.7 Å². The van der Waals surface area contributed by atoms with Gasteiger partial charge in [0.2, 0.25) is 0 Å². The highest BCUT2D eigenvalue weighted by Gasteiger charge is 2.11. The van der Waals surface area contributed by atoms with Gasteiger partial charge in [-0.15, -0.1) is 0 Å². The lowest BCUT2D eigenvalue weighted by Crippen LogP contribution is -2.38. The number of pyridine rings is 1. The highest BCUT2D eigenvalue weighted by Crippen LogP contribution is 2.18. The lowest BCUT2D eigenvalue weighted by molar-refractivity contribution is 0.414. The zero-order chi connectivity index (χ0) is 21.0. The Kier molecular flexibility index (Phi) is 8.81. The van der Waals surface area contributed by atoms with Crippen LogP contribution in [0.4, 0.5) is 5.82 Å². The number of aromatic nitrogens is 1. The molecule has 0 saturated carbocycles. The third kappa shape index (κ3) is 6.94. The molecule has 3 rings (SSSR count). The zero-order valence-corrected chi connectivity index (χ0v) is 18.4. The van der Waals surface area contributed by atoms with Gasteiger partial charge < -0.3 is 20.3 Å². The monoisotopic (exact) mass is 409 g/mol. The van der Waals surface area contributed by atoms with Gasteiger partial charge in [-0.25, -0.2) is 9.98 Å². The Bertz CT molecular complexity index is 782. The minimum absolute atomic E-state index is 0.640. The van der Waals surface area contributed by atoms with Crippen molar-refractivity contribution in [3.05, 3.63) is 53.7 Å². The Hall–Kier alpha value is -2.76. The van der Waals surface area contributed by atoms with Crippen molar-refractivity contribution in [2.75, 3.05) is 38.2 Å². The van der Waals surface area contributed by atoms with Crippen molar-refractivity contribution in [3.63, 3.8) is 0 Å². The number of nitrogens with one attached hydrogen (secondary N) is 2. The molecule has 1 saturated heterocycles. The summed E-state index contributed by atoms with van der Waals surface area (Å²) >= 11 is 0. The Morgan fingerprint density at radius 2 is 1.80 bits per heavy atom. The van der Waals surface area contributed by atoms with Crippen molar-refractivity contribution >= 4 is 11.8 Å². The smallest absolute Gasteiger partial charge is 0.191 e. The lowest BCUT2D eigenvalue weighted by Gasteiger charge is -2.21. The van der Waals surface area contributed by atoms with E-state index >= 15 is 0 Å². The number of hydrogen-bond donors (Lipinski definition) is 2. The molecule has 0 radical (unpaired) electrons. The number of guanidine groups is 1. The third-order valence-electron chi connectivity index (χ3n) is 5.37. The predicted molar refractivity (Wildman–Crippen MR) is 124 cm³/mol. The van der Waals surface area contributed by atoms with Crippen molar-refractivity contribution in [2.45, 2.75) is 45.6 Å². The molecule has 1 fully saturated rings. The molecule has 2 N–H and O–H groups in total. The fourth-order valence-corrected chi connectivity index (χ4v) is 3.66. The van der Waals surface area contributed by atoms with Crippen LogP contribution in [0.2, 0.25) is 0 Å². The van der Waals surface area contributed by atoms with Gasteiger partial charge in [-0.2, -0.15) is 0 Å². The van der Waals surface area contributed by atoms with E-state index in [0.29, 0.717) is 6.54 Å². The van der Waals surface area contributed by atoms with Crippen molar-refractivity contribution in [2.24, 2.45) is 4.99 Å². The van der Waals surface area contributed by atoms with Gasteiger partial charge in [-0.1, -0.05) is 25.0 Å². The molecule has 6 nitrogen and oxygen atoms in total. The molecule has 2 aromatic rings. The molecule has 1 aromatic heterocycles.